The van der Waals surface area contributed by atoms with Crippen LogP contribution < -0.4 is 4.90 Å². The average molecular weight is 372 g/mol. The third-order valence-corrected chi connectivity index (χ3v) is 5.43. The van der Waals surface area contributed by atoms with E-state index in [4.69, 9.17) is 9.26 Å². The molecule has 1 aliphatic heterocycles. The Morgan fingerprint density at radius 1 is 1.23 bits per heavy atom. The van der Waals surface area contributed by atoms with Gasteiger partial charge in [0.2, 0.25) is 5.76 Å². The third kappa shape index (κ3) is 3.77. The molecule has 1 saturated heterocycles. The lowest BCUT2D eigenvalue weighted by molar-refractivity contribution is 0.0376. The highest BCUT2D eigenvalue weighted by atomic mass is 32.1. The van der Waals surface area contributed by atoms with Gasteiger partial charge < -0.3 is 9.26 Å². The van der Waals surface area contributed by atoms with Gasteiger partial charge in [0, 0.05) is 32.2 Å². The number of hydrogen-bond donors (Lipinski definition) is 0. The van der Waals surface area contributed by atoms with Crippen LogP contribution >= 0.6 is 11.3 Å². The topological polar surface area (TPSA) is 71.7 Å². The normalized spacial score (nSPS) is 15.4. The maximum Gasteiger partial charge on any atom is 0.298 e. The summed E-state index contributed by atoms with van der Waals surface area (Å²) in [7, 11) is 0. The number of nitrogens with zero attached hydrogens (tertiary/aromatic N) is 4. The molecule has 4 rings (SSSR count). The zero-order chi connectivity index (χ0) is 17.8. The maximum atomic E-state index is 12.9. The smallest absolute Gasteiger partial charge is 0.298 e. The van der Waals surface area contributed by atoms with Gasteiger partial charge in [0.05, 0.1) is 29.6 Å². The van der Waals surface area contributed by atoms with Crippen molar-refractivity contribution in [3.63, 3.8) is 0 Å². The van der Waals surface area contributed by atoms with Crippen LogP contribution in [0.4, 0.5) is 5.13 Å². The molecule has 1 amide bonds. The predicted octanol–water partition coefficient (Wildman–Crippen LogP) is 2.65. The molecule has 0 aliphatic carbocycles. The van der Waals surface area contributed by atoms with Crippen LogP contribution in [0.1, 0.15) is 17.0 Å². The molecule has 7 nitrogen and oxygen atoms in total. The molecule has 0 bridgehead atoms. The van der Waals surface area contributed by atoms with Crippen molar-refractivity contribution in [1.82, 2.24) is 15.0 Å². The van der Waals surface area contributed by atoms with Crippen molar-refractivity contribution in [2.24, 2.45) is 0 Å². The monoisotopic (exact) mass is 372 g/mol. The molecular weight excluding hydrogens is 352 g/mol. The Labute approximate surface area is 155 Å². The molecule has 26 heavy (non-hydrogen) atoms. The average Bonchev–Trinajstić information content (AvgIpc) is 3.35. The molecular formula is C18H20N4O3S. The lowest BCUT2D eigenvalue weighted by atomic mass is 10.3. The van der Waals surface area contributed by atoms with E-state index in [0.29, 0.717) is 11.7 Å². The van der Waals surface area contributed by atoms with Crippen molar-refractivity contribution < 1.29 is 14.1 Å². The van der Waals surface area contributed by atoms with Crippen LogP contribution in [0.3, 0.4) is 0 Å². The van der Waals surface area contributed by atoms with Gasteiger partial charge in [0.15, 0.2) is 5.13 Å². The van der Waals surface area contributed by atoms with Gasteiger partial charge >= 0.3 is 0 Å². The number of carbonyl (C=O) groups excluding carboxylic acids is 1. The number of amides is 1. The summed E-state index contributed by atoms with van der Waals surface area (Å²) in [6.07, 6.45) is 2.34. The van der Waals surface area contributed by atoms with Crippen LogP contribution in [0.2, 0.25) is 0 Å². The van der Waals surface area contributed by atoms with Crippen molar-refractivity contribution in [3.05, 3.63) is 42.3 Å². The SMILES string of the molecule is O=C(c1ccno1)N(CCCN1CCOCC1)c1nc2ccccc2s1. The minimum Gasteiger partial charge on any atom is -0.379 e. The Hall–Kier alpha value is -2.29. The number of fused-ring (bicyclic) bond motifs is 1. The van der Waals surface area contributed by atoms with Crippen LogP contribution in [-0.4, -0.2) is 60.3 Å². The Kier molecular flexibility index (Phi) is 5.24. The number of ether oxygens (including phenoxy) is 1. The van der Waals surface area contributed by atoms with E-state index in [1.807, 2.05) is 24.3 Å². The Morgan fingerprint density at radius 2 is 2.08 bits per heavy atom. The minimum atomic E-state index is -0.205. The molecule has 0 spiro atoms. The highest BCUT2D eigenvalue weighted by molar-refractivity contribution is 7.22. The second kappa shape index (κ2) is 7.94. The molecule has 1 fully saturated rings. The van der Waals surface area contributed by atoms with E-state index in [-0.39, 0.29) is 11.7 Å². The van der Waals surface area contributed by atoms with Gasteiger partial charge in [0.25, 0.3) is 5.91 Å². The number of thiazole rings is 1. The maximum absolute atomic E-state index is 12.9. The van der Waals surface area contributed by atoms with Gasteiger partial charge in [-0.15, -0.1) is 0 Å². The van der Waals surface area contributed by atoms with Crippen molar-refractivity contribution in [2.75, 3.05) is 44.3 Å². The summed E-state index contributed by atoms with van der Waals surface area (Å²) in [6, 6.07) is 9.49. The molecule has 0 atom stereocenters. The quantitative estimate of drug-likeness (QED) is 0.662. The first-order valence-corrected chi connectivity index (χ1v) is 9.51. The van der Waals surface area contributed by atoms with E-state index in [1.54, 1.807) is 11.0 Å². The largest absolute Gasteiger partial charge is 0.379 e. The van der Waals surface area contributed by atoms with E-state index < -0.39 is 0 Å². The van der Waals surface area contributed by atoms with E-state index in [1.165, 1.54) is 17.5 Å². The van der Waals surface area contributed by atoms with E-state index in [9.17, 15) is 4.79 Å². The van der Waals surface area contributed by atoms with Gasteiger partial charge in [0.1, 0.15) is 0 Å². The Balaban J connectivity index is 1.51. The second-order valence-electron chi connectivity index (χ2n) is 6.11. The number of hydrogen-bond acceptors (Lipinski definition) is 7. The first kappa shape index (κ1) is 17.1. The van der Waals surface area contributed by atoms with Crippen LogP contribution in [0.25, 0.3) is 10.2 Å². The summed E-state index contributed by atoms with van der Waals surface area (Å²) < 4.78 is 11.5. The van der Waals surface area contributed by atoms with Crippen LogP contribution in [-0.2, 0) is 4.74 Å². The number of carbonyl (C=O) groups is 1. The lowest BCUT2D eigenvalue weighted by Crippen LogP contribution is -2.39. The van der Waals surface area contributed by atoms with Gasteiger partial charge in [-0.05, 0) is 18.6 Å². The summed E-state index contributed by atoms with van der Waals surface area (Å²) in [5, 5.41) is 4.34. The van der Waals surface area contributed by atoms with Gasteiger partial charge in [-0.2, -0.15) is 0 Å². The highest BCUT2D eigenvalue weighted by Gasteiger charge is 2.24. The van der Waals surface area contributed by atoms with Gasteiger partial charge in [-0.3, -0.25) is 14.6 Å². The molecule has 3 heterocycles. The molecule has 0 N–H and O–H groups in total. The molecule has 0 saturated carbocycles. The first-order valence-electron chi connectivity index (χ1n) is 8.69. The fourth-order valence-corrected chi connectivity index (χ4v) is 3.99. The molecule has 0 unspecified atom stereocenters. The molecule has 1 aliphatic rings. The molecule has 2 aromatic heterocycles. The van der Waals surface area contributed by atoms with E-state index in [2.05, 4.69) is 15.0 Å². The highest BCUT2D eigenvalue weighted by Crippen LogP contribution is 2.29. The lowest BCUT2D eigenvalue weighted by Gasteiger charge is -2.27. The molecule has 8 heteroatoms. The van der Waals surface area contributed by atoms with Crippen LogP contribution in [0.5, 0.6) is 0 Å². The number of morpholine rings is 1. The number of benzene rings is 1. The fraction of sp³-hybridized carbons (Fsp3) is 0.389. The molecule has 136 valence electrons. The minimum absolute atomic E-state index is 0.205. The van der Waals surface area contributed by atoms with Crippen LogP contribution in [0.15, 0.2) is 41.1 Å². The third-order valence-electron chi connectivity index (χ3n) is 4.37. The Morgan fingerprint density at radius 3 is 2.85 bits per heavy atom. The summed E-state index contributed by atoms with van der Waals surface area (Å²) in [4.78, 5) is 21.6. The summed E-state index contributed by atoms with van der Waals surface area (Å²) >= 11 is 1.52. The number of aromatic nitrogens is 2. The summed E-state index contributed by atoms with van der Waals surface area (Å²) in [5.74, 6) is 0.0270. The zero-order valence-electron chi connectivity index (χ0n) is 14.3. The van der Waals surface area contributed by atoms with Crippen molar-refractivity contribution in [1.29, 1.82) is 0 Å². The van der Waals surface area contributed by atoms with Crippen molar-refractivity contribution >= 4 is 32.6 Å². The van der Waals surface area contributed by atoms with Crippen molar-refractivity contribution in [3.8, 4) is 0 Å². The van der Waals surface area contributed by atoms with Gasteiger partial charge in [-0.25, -0.2) is 4.98 Å². The predicted molar refractivity (Wildman–Crippen MR) is 99.7 cm³/mol. The number of rotatable bonds is 6. The molecule has 0 radical (unpaired) electrons. The van der Waals surface area contributed by atoms with Crippen LogP contribution in [0, 0.1) is 0 Å². The van der Waals surface area contributed by atoms with E-state index >= 15 is 0 Å². The number of para-hydroxylation sites is 1. The van der Waals surface area contributed by atoms with Gasteiger partial charge in [-0.1, -0.05) is 28.6 Å². The zero-order valence-corrected chi connectivity index (χ0v) is 15.2. The standard InChI is InChI=1S/C18H20N4O3S/c23-17(15-6-7-19-25-15)22(9-3-8-21-10-12-24-13-11-21)18-20-14-4-1-2-5-16(14)26-18/h1-2,4-7H,3,8-13H2. The Bertz CT molecular complexity index is 825. The summed E-state index contributed by atoms with van der Waals surface area (Å²) in [5.41, 5.74) is 0.899. The summed E-state index contributed by atoms with van der Waals surface area (Å²) in [6.45, 7) is 4.94. The van der Waals surface area contributed by atoms with E-state index in [0.717, 1.165) is 49.5 Å². The molecule has 1 aromatic carbocycles. The second-order valence-corrected chi connectivity index (χ2v) is 7.11. The van der Waals surface area contributed by atoms with Crippen molar-refractivity contribution in [2.45, 2.75) is 6.42 Å². The molecule has 3 aromatic rings. The fourth-order valence-electron chi connectivity index (χ4n) is 3.00. The number of anilines is 1. The first-order chi connectivity index (χ1) is 12.8.